The standard InChI is InChI=1S/C12H25NO2S/c1-11-7-3-4-8-12(11)13-9-5-6-10-16(2,14)15/h11-13H,3-10H2,1-2H3. The van der Waals surface area contributed by atoms with Crippen LogP contribution in [0.15, 0.2) is 0 Å². The van der Waals surface area contributed by atoms with Crippen LogP contribution >= 0.6 is 0 Å². The molecule has 0 aromatic rings. The van der Waals surface area contributed by atoms with Gasteiger partial charge in [-0.15, -0.1) is 0 Å². The molecule has 0 aliphatic heterocycles. The quantitative estimate of drug-likeness (QED) is 0.730. The minimum absolute atomic E-state index is 0.328. The Labute approximate surface area is 99.9 Å². The second-order valence-electron chi connectivity index (χ2n) is 5.16. The maximum atomic E-state index is 10.9. The summed E-state index contributed by atoms with van der Waals surface area (Å²) >= 11 is 0. The van der Waals surface area contributed by atoms with E-state index in [0.717, 1.165) is 25.3 Å². The third-order valence-electron chi connectivity index (χ3n) is 3.46. The summed E-state index contributed by atoms with van der Waals surface area (Å²) in [5.41, 5.74) is 0. The van der Waals surface area contributed by atoms with E-state index in [4.69, 9.17) is 0 Å². The lowest BCUT2D eigenvalue weighted by Gasteiger charge is -2.29. The fourth-order valence-electron chi connectivity index (χ4n) is 2.40. The number of sulfone groups is 1. The first-order valence-corrected chi connectivity index (χ1v) is 8.46. The minimum Gasteiger partial charge on any atom is -0.314 e. The lowest BCUT2D eigenvalue weighted by atomic mass is 9.86. The first kappa shape index (κ1) is 14.0. The van der Waals surface area contributed by atoms with Crippen LogP contribution in [-0.2, 0) is 9.84 Å². The minimum atomic E-state index is -2.77. The van der Waals surface area contributed by atoms with Crippen molar-refractivity contribution in [2.45, 2.75) is 51.5 Å². The molecule has 0 aromatic heterocycles. The first-order chi connectivity index (χ1) is 7.49. The van der Waals surface area contributed by atoms with Gasteiger partial charge in [-0.05, 0) is 38.1 Å². The van der Waals surface area contributed by atoms with Gasteiger partial charge in [-0.1, -0.05) is 19.8 Å². The van der Waals surface area contributed by atoms with Crippen LogP contribution in [0.3, 0.4) is 0 Å². The second kappa shape index (κ2) is 6.60. The van der Waals surface area contributed by atoms with Gasteiger partial charge in [-0.25, -0.2) is 8.42 Å². The van der Waals surface area contributed by atoms with E-state index in [1.54, 1.807) is 0 Å². The Balaban J connectivity index is 2.06. The van der Waals surface area contributed by atoms with Crippen LogP contribution in [0, 0.1) is 5.92 Å². The normalized spacial score (nSPS) is 26.9. The molecular weight excluding hydrogens is 222 g/mol. The third kappa shape index (κ3) is 5.85. The lowest BCUT2D eigenvalue weighted by molar-refractivity contribution is 0.280. The fourth-order valence-corrected chi connectivity index (χ4v) is 3.12. The molecule has 0 amide bonds. The Kier molecular flexibility index (Phi) is 5.76. The molecule has 0 bridgehead atoms. The predicted octanol–water partition coefficient (Wildman–Crippen LogP) is 1.98. The van der Waals surface area contributed by atoms with Gasteiger partial charge in [0.2, 0.25) is 0 Å². The van der Waals surface area contributed by atoms with Gasteiger partial charge < -0.3 is 5.32 Å². The highest BCUT2D eigenvalue weighted by atomic mass is 32.2. The predicted molar refractivity (Wildman–Crippen MR) is 68.4 cm³/mol. The van der Waals surface area contributed by atoms with Crippen molar-refractivity contribution in [2.24, 2.45) is 5.92 Å². The smallest absolute Gasteiger partial charge is 0.147 e. The van der Waals surface area contributed by atoms with Crippen LogP contribution < -0.4 is 5.32 Å². The third-order valence-corrected chi connectivity index (χ3v) is 4.49. The molecule has 1 aliphatic rings. The van der Waals surface area contributed by atoms with Crippen LogP contribution in [0.1, 0.15) is 45.4 Å². The van der Waals surface area contributed by atoms with Crippen molar-refractivity contribution < 1.29 is 8.42 Å². The zero-order valence-corrected chi connectivity index (χ0v) is 11.4. The van der Waals surface area contributed by atoms with Crippen LogP contribution in [0.25, 0.3) is 0 Å². The van der Waals surface area contributed by atoms with Crippen LogP contribution in [-0.4, -0.2) is 33.0 Å². The van der Waals surface area contributed by atoms with Gasteiger partial charge in [0.25, 0.3) is 0 Å². The van der Waals surface area contributed by atoms with Crippen molar-refractivity contribution in [2.75, 3.05) is 18.6 Å². The van der Waals surface area contributed by atoms with E-state index in [9.17, 15) is 8.42 Å². The largest absolute Gasteiger partial charge is 0.314 e. The topological polar surface area (TPSA) is 46.2 Å². The Bertz CT molecular complexity index is 287. The Morgan fingerprint density at radius 1 is 1.19 bits per heavy atom. The van der Waals surface area contributed by atoms with Gasteiger partial charge in [-0.2, -0.15) is 0 Å². The second-order valence-corrected chi connectivity index (χ2v) is 7.42. The van der Waals surface area contributed by atoms with Crippen molar-refractivity contribution in [3.63, 3.8) is 0 Å². The summed E-state index contributed by atoms with van der Waals surface area (Å²) in [7, 11) is -2.77. The monoisotopic (exact) mass is 247 g/mol. The SMILES string of the molecule is CC1CCCCC1NCCCCS(C)(=O)=O. The maximum absolute atomic E-state index is 10.9. The van der Waals surface area contributed by atoms with E-state index in [1.165, 1.54) is 31.9 Å². The van der Waals surface area contributed by atoms with E-state index < -0.39 is 9.84 Å². The van der Waals surface area contributed by atoms with E-state index >= 15 is 0 Å². The van der Waals surface area contributed by atoms with Crippen molar-refractivity contribution in [3.05, 3.63) is 0 Å². The van der Waals surface area contributed by atoms with Crippen LogP contribution in [0.4, 0.5) is 0 Å². The molecule has 0 saturated heterocycles. The Hall–Kier alpha value is -0.0900. The molecule has 4 heteroatoms. The number of rotatable bonds is 6. The van der Waals surface area contributed by atoms with E-state index in [-0.39, 0.29) is 0 Å². The van der Waals surface area contributed by atoms with E-state index in [0.29, 0.717) is 11.8 Å². The molecule has 2 atom stereocenters. The average Bonchev–Trinajstić information content (AvgIpc) is 2.18. The van der Waals surface area contributed by atoms with Gasteiger partial charge in [0.15, 0.2) is 0 Å². The highest BCUT2D eigenvalue weighted by Gasteiger charge is 2.19. The molecule has 1 saturated carbocycles. The zero-order valence-electron chi connectivity index (χ0n) is 10.5. The highest BCUT2D eigenvalue weighted by molar-refractivity contribution is 7.90. The van der Waals surface area contributed by atoms with Gasteiger partial charge in [0, 0.05) is 18.1 Å². The summed E-state index contributed by atoms with van der Waals surface area (Å²) < 4.78 is 21.9. The van der Waals surface area contributed by atoms with Crippen molar-refractivity contribution in [3.8, 4) is 0 Å². The zero-order chi connectivity index (χ0) is 12.0. The molecule has 1 fully saturated rings. The average molecular weight is 247 g/mol. The molecule has 16 heavy (non-hydrogen) atoms. The highest BCUT2D eigenvalue weighted by Crippen LogP contribution is 2.23. The van der Waals surface area contributed by atoms with Crippen molar-refractivity contribution >= 4 is 9.84 Å². The Morgan fingerprint density at radius 3 is 2.50 bits per heavy atom. The first-order valence-electron chi connectivity index (χ1n) is 6.40. The molecule has 0 radical (unpaired) electrons. The molecule has 2 unspecified atom stereocenters. The molecule has 1 N–H and O–H groups in total. The van der Waals surface area contributed by atoms with Gasteiger partial charge >= 0.3 is 0 Å². The molecule has 0 aromatic carbocycles. The summed E-state index contributed by atoms with van der Waals surface area (Å²) in [5, 5.41) is 3.56. The maximum Gasteiger partial charge on any atom is 0.147 e. The summed E-state index contributed by atoms with van der Waals surface area (Å²) in [6.45, 7) is 3.28. The molecule has 3 nitrogen and oxygen atoms in total. The van der Waals surface area contributed by atoms with Gasteiger partial charge in [-0.3, -0.25) is 0 Å². The fraction of sp³-hybridized carbons (Fsp3) is 1.00. The molecule has 1 rings (SSSR count). The summed E-state index contributed by atoms with van der Waals surface area (Å²) in [4.78, 5) is 0. The number of hydrogen-bond acceptors (Lipinski definition) is 3. The van der Waals surface area contributed by atoms with Crippen LogP contribution in [0.2, 0.25) is 0 Å². The Morgan fingerprint density at radius 2 is 1.88 bits per heavy atom. The summed E-state index contributed by atoms with van der Waals surface area (Å²) in [6, 6.07) is 0.659. The number of nitrogens with one attached hydrogen (secondary N) is 1. The molecule has 96 valence electrons. The summed E-state index contributed by atoms with van der Waals surface area (Å²) in [5.74, 6) is 1.11. The molecular formula is C12H25NO2S. The molecule has 1 aliphatic carbocycles. The van der Waals surface area contributed by atoms with Crippen LogP contribution in [0.5, 0.6) is 0 Å². The summed E-state index contributed by atoms with van der Waals surface area (Å²) in [6.07, 6.45) is 8.39. The van der Waals surface area contributed by atoms with Crippen molar-refractivity contribution in [1.29, 1.82) is 0 Å². The molecule has 0 heterocycles. The van der Waals surface area contributed by atoms with Gasteiger partial charge in [0.1, 0.15) is 9.84 Å². The lowest BCUT2D eigenvalue weighted by Crippen LogP contribution is -2.37. The van der Waals surface area contributed by atoms with Gasteiger partial charge in [0.05, 0.1) is 0 Å². The van der Waals surface area contributed by atoms with E-state index in [2.05, 4.69) is 12.2 Å². The number of unbranched alkanes of at least 4 members (excludes halogenated alkanes) is 1. The number of hydrogen-bond donors (Lipinski definition) is 1. The van der Waals surface area contributed by atoms with Crippen molar-refractivity contribution in [1.82, 2.24) is 5.32 Å². The van der Waals surface area contributed by atoms with E-state index in [1.807, 2.05) is 0 Å². The molecule has 0 spiro atoms.